The first kappa shape index (κ1) is 16.8. The van der Waals surface area contributed by atoms with Crippen molar-refractivity contribution in [1.29, 1.82) is 0 Å². The molecular weight excluding hydrogens is 315 g/mol. The Bertz CT molecular complexity index is 628. The summed E-state index contributed by atoms with van der Waals surface area (Å²) in [5.74, 6) is 0.566. The molecule has 1 aromatic carbocycles. The molecule has 0 atom stereocenters. The fourth-order valence-corrected chi connectivity index (χ4v) is 3.04. The number of hydrogen-bond acceptors (Lipinski definition) is 4. The minimum absolute atomic E-state index is 0.142. The summed E-state index contributed by atoms with van der Waals surface area (Å²) >= 11 is 1.18. The van der Waals surface area contributed by atoms with Gasteiger partial charge in [-0.25, -0.2) is 0 Å². The van der Waals surface area contributed by atoms with Crippen LogP contribution in [0.25, 0.3) is 0 Å². The molecule has 2 rings (SSSR count). The fourth-order valence-electron chi connectivity index (χ4n) is 2.06. The molecule has 22 heavy (non-hydrogen) atoms. The van der Waals surface area contributed by atoms with Crippen LogP contribution in [0.4, 0.5) is 13.2 Å². The quantitative estimate of drug-likeness (QED) is 0.823. The van der Waals surface area contributed by atoms with Crippen LogP contribution in [-0.2, 0) is 25.1 Å². The summed E-state index contributed by atoms with van der Waals surface area (Å²) in [4.78, 5) is 0. The molecule has 1 N–H and O–H groups in total. The Balaban J connectivity index is 2.19. The second-order valence-corrected chi connectivity index (χ2v) is 5.59. The van der Waals surface area contributed by atoms with Gasteiger partial charge >= 0.3 is 6.18 Å². The standard InChI is InChI=1S/C14H16F3N3OS/c1-2-7-20-12(8-21)18-19-13(20)22-9-10-5-3-4-6-11(10)14(15,16)17/h3-6,21H,2,7-9H2,1H3. The summed E-state index contributed by atoms with van der Waals surface area (Å²) in [5, 5.41) is 17.5. The topological polar surface area (TPSA) is 50.9 Å². The molecule has 0 saturated carbocycles. The molecule has 4 nitrogen and oxygen atoms in total. The van der Waals surface area contributed by atoms with E-state index in [1.807, 2.05) is 6.92 Å². The molecule has 0 radical (unpaired) electrons. The maximum atomic E-state index is 13.0. The van der Waals surface area contributed by atoms with E-state index in [0.717, 1.165) is 12.5 Å². The van der Waals surface area contributed by atoms with E-state index in [9.17, 15) is 18.3 Å². The number of benzene rings is 1. The third-order valence-electron chi connectivity index (χ3n) is 3.06. The van der Waals surface area contributed by atoms with Crippen LogP contribution in [0.5, 0.6) is 0 Å². The van der Waals surface area contributed by atoms with Gasteiger partial charge in [0.1, 0.15) is 6.61 Å². The van der Waals surface area contributed by atoms with Crippen LogP contribution in [0, 0.1) is 0 Å². The Kier molecular flexibility index (Phi) is 5.47. The average Bonchev–Trinajstić information content (AvgIpc) is 2.87. The van der Waals surface area contributed by atoms with Crippen molar-refractivity contribution < 1.29 is 18.3 Å². The highest BCUT2D eigenvalue weighted by atomic mass is 32.2. The number of alkyl halides is 3. The Morgan fingerprint density at radius 2 is 1.95 bits per heavy atom. The Hall–Kier alpha value is -1.54. The SMILES string of the molecule is CCCn1c(CO)nnc1SCc1ccccc1C(F)(F)F. The van der Waals surface area contributed by atoms with Gasteiger partial charge in [-0.05, 0) is 18.1 Å². The molecule has 1 aromatic heterocycles. The van der Waals surface area contributed by atoms with Gasteiger partial charge in [0.05, 0.1) is 5.56 Å². The highest BCUT2D eigenvalue weighted by molar-refractivity contribution is 7.98. The molecule has 8 heteroatoms. The molecular formula is C14H16F3N3OS. The Labute approximate surface area is 130 Å². The summed E-state index contributed by atoms with van der Waals surface area (Å²) in [5.41, 5.74) is -0.428. The largest absolute Gasteiger partial charge is 0.416 e. The van der Waals surface area contributed by atoms with Gasteiger partial charge < -0.3 is 9.67 Å². The number of nitrogens with zero attached hydrogens (tertiary/aromatic N) is 3. The first-order valence-electron chi connectivity index (χ1n) is 6.78. The predicted octanol–water partition coefficient (Wildman–Crippen LogP) is 3.49. The first-order valence-corrected chi connectivity index (χ1v) is 7.76. The van der Waals surface area contributed by atoms with Gasteiger partial charge in [0.2, 0.25) is 0 Å². The van der Waals surface area contributed by atoms with Gasteiger partial charge in [-0.1, -0.05) is 36.9 Å². The van der Waals surface area contributed by atoms with Crippen molar-refractivity contribution in [2.75, 3.05) is 0 Å². The molecule has 0 aliphatic rings. The lowest BCUT2D eigenvalue weighted by Gasteiger charge is -2.12. The first-order chi connectivity index (χ1) is 10.5. The summed E-state index contributed by atoms with van der Waals surface area (Å²) in [6.07, 6.45) is -3.55. The van der Waals surface area contributed by atoms with Crippen molar-refractivity contribution in [3.63, 3.8) is 0 Å². The van der Waals surface area contributed by atoms with E-state index in [-0.39, 0.29) is 17.9 Å². The average molecular weight is 331 g/mol. The lowest BCUT2D eigenvalue weighted by molar-refractivity contribution is -0.138. The molecule has 0 bridgehead atoms. The Morgan fingerprint density at radius 1 is 1.23 bits per heavy atom. The van der Waals surface area contributed by atoms with E-state index in [4.69, 9.17) is 0 Å². The van der Waals surface area contributed by atoms with Crippen molar-refractivity contribution in [3.05, 3.63) is 41.2 Å². The molecule has 0 amide bonds. The summed E-state index contributed by atoms with van der Waals surface area (Å²) in [7, 11) is 0. The predicted molar refractivity (Wildman–Crippen MR) is 77.2 cm³/mol. The van der Waals surface area contributed by atoms with Crippen LogP contribution in [0.2, 0.25) is 0 Å². The maximum absolute atomic E-state index is 13.0. The lowest BCUT2D eigenvalue weighted by Crippen LogP contribution is -2.09. The molecule has 2 aromatic rings. The monoisotopic (exact) mass is 331 g/mol. The van der Waals surface area contributed by atoms with Crippen molar-refractivity contribution in [3.8, 4) is 0 Å². The molecule has 0 aliphatic carbocycles. The number of aliphatic hydroxyl groups is 1. The van der Waals surface area contributed by atoms with Crippen LogP contribution < -0.4 is 0 Å². The molecule has 0 spiro atoms. The lowest BCUT2D eigenvalue weighted by atomic mass is 10.1. The zero-order valence-corrected chi connectivity index (χ0v) is 12.8. The minimum atomic E-state index is -4.37. The van der Waals surface area contributed by atoms with Crippen molar-refractivity contribution >= 4 is 11.8 Å². The van der Waals surface area contributed by atoms with E-state index in [0.29, 0.717) is 17.5 Å². The number of rotatable bonds is 6. The molecule has 120 valence electrons. The van der Waals surface area contributed by atoms with Gasteiger partial charge in [-0.3, -0.25) is 0 Å². The van der Waals surface area contributed by atoms with Crippen LogP contribution in [-0.4, -0.2) is 19.9 Å². The van der Waals surface area contributed by atoms with Crippen LogP contribution >= 0.6 is 11.8 Å². The van der Waals surface area contributed by atoms with Crippen molar-refractivity contribution in [2.24, 2.45) is 0 Å². The number of thioether (sulfide) groups is 1. The van der Waals surface area contributed by atoms with E-state index in [2.05, 4.69) is 10.2 Å². The normalized spacial score (nSPS) is 11.9. The summed E-state index contributed by atoms with van der Waals surface area (Å²) in [6.45, 7) is 2.34. The van der Waals surface area contributed by atoms with Crippen molar-refractivity contribution in [1.82, 2.24) is 14.8 Å². The number of aliphatic hydroxyl groups excluding tert-OH is 1. The highest BCUT2D eigenvalue weighted by Gasteiger charge is 2.32. The zero-order chi connectivity index (χ0) is 16.2. The summed E-state index contributed by atoms with van der Waals surface area (Å²) < 4.78 is 40.6. The van der Waals surface area contributed by atoms with Crippen LogP contribution in [0.3, 0.4) is 0 Å². The van der Waals surface area contributed by atoms with E-state index < -0.39 is 11.7 Å². The minimum Gasteiger partial charge on any atom is -0.388 e. The zero-order valence-electron chi connectivity index (χ0n) is 12.0. The molecule has 0 fully saturated rings. The second kappa shape index (κ2) is 7.15. The van der Waals surface area contributed by atoms with E-state index in [1.54, 1.807) is 10.6 Å². The second-order valence-electron chi connectivity index (χ2n) is 4.65. The number of aromatic nitrogens is 3. The van der Waals surface area contributed by atoms with Gasteiger partial charge in [-0.15, -0.1) is 10.2 Å². The fraction of sp³-hybridized carbons (Fsp3) is 0.429. The highest BCUT2D eigenvalue weighted by Crippen LogP contribution is 2.34. The Morgan fingerprint density at radius 3 is 2.59 bits per heavy atom. The molecule has 0 aliphatic heterocycles. The van der Waals surface area contributed by atoms with Gasteiger partial charge in [0.15, 0.2) is 11.0 Å². The smallest absolute Gasteiger partial charge is 0.388 e. The number of hydrogen-bond donors (Lipinski definition) is 1. The van der Waals surface area contributed by atoms with E-state index in [1.165, 1.54) is 23.9 Å². The number of halogens is 3. The van der Waals surface area contributed by atoms with E-state index >= 15 is 0 Å². The molecule has 0 saturated heterocycles. The summed E-state index contributed by atoms with van der Waals surface area (Å²) in [6, 6.07) is 5.50. The maximum Gasteiger partial charge on any atom is 0.416 e. The van der Waals surface area contributed by atoms with Crippen LogP contribution in [0.1, 0.15) is 30.3 Å². The van der Waals surface area contributed by atoms with Gasteiger partial charge in [-0.2, -0.15) is 13.2 Å². The van der Waals surface area contributed by atoms with Crippen LogP contribution in [0.15, 0.2) is 29.4 Å². The third kappa shape index (κ3) is 3.80. The molecule has 1 heterocycles. The third-order valence-corrected chi connectivity index (χ3v) is 4.08. The molecule has 0 unspecified atom stereocenters. The van der Waals surface area contributed by atoms with Gasteiger partial charge in [0.25, 0.3) is 0 Å². The van der Waals surface area contributed by atoms with Crippen molar-refractivity contribution in [2.45, 2.75) is 43.6 Å². The van der Waals surface area contributed by atoms with Gasteiger partial charge in [0, 0.05) is 12.3 Å².